The van der Waals surface area contributed by atoms with Crippen LogP contribution in [0.5, 0.6) is 0 Å². The zero-order valence-corrected chi connectivity index (χ0v) is 12.2. The standard InChI is InChI=1S/C16H14N6O/c23-16(19-10-12-3-2-7-17-9-12)13-4-1-5-15(21-13)22-14-6-8-18-11-20-14/h1-9,11H,10H2,(H,19,23)(H,18,20,21,22). The van der Waals surface area contributed by atoms with Crippen molar-refractivity contribution in [1.29, 1.82) is 0 Å². The first kappa shape index (κ1) is 14.6. The third-order valence-electron chi connectivity index (χ3n) is 3.00. The number of amides is 1. The van der Waals surface area contributed by atoms with Crippen molar-refractivity contribution < 1.29 is 4.79 Å². The second-order valence-corrected chi connectivity index (χ2v) is 4.67. The van der Waals surface area contributed by atoms with Gasteiger partial charge in [0.2, 0.25) is 0 Å². The summed E-state index contributed by atoms with van der Waals surface area (Å²) in [6.45, 7) is 0.401. The molecule has 0 atom stereocenters. The second kappa shape index (κ2) is 7.08. The molecule has 0 fully saturated rings. The van der Waals surface area contributed by atoms with E-state index in [0.29, 0.717) is 23.9 Å². The summed E-state index contributed by atoms with van der Waals surface area (Å²) in [4.78, 5) is 28.4. The molecule has 0 bridgehead atoms. The number of carbonyl (C=O) groups excluding carboxylic acids is 1. The van der Waals surface area contributed by atoms with E-state index < -0.39 is 0 Å². The number of nitrogens with zero attached hydrogens (tertiary/aromatic N) is 4. The molecule has 0 spiro atoms. The van der Waals surface area contributed by atoms with Gasteiger partial charge in [-0.1, -0.05) is 12.1 Å². The number of carbonyl (C=O) groups is 1. The number of nitrogens with one attached hydrogen (secondary N) is 2. The Morgan fingerprint density at radius 1 is 1.00 bits per heavy atom. The van der Waals surface area contributed by atoms with Crippen molar-refractivity contribution in [3.8, 4) is 0 Å². The van der Waals surface area contributed by atoms with Crippen LogP contribution in [0.3, 0.4) is 0 Å². The fraction of sp³-hybridized carbons (Fsp3) is 0.0625. The van der Waals surface area contributed by atoms with E-state index in [9.17, 15) is 4.79 Å². The molecule has 0 aliphatic heterocycles. The molecule has 3 heterocycles. The Morgan fingerprint density at radius 2 is 1.96 bits per heavy atom. The fourth-order valence-electron chi connectivity index (χ4n) is 1.90. The molecule has 2 N–H and O–H groups in total. The maximum atomic E-state index is 12.2. The highest BCUT2D eigenvalue weighted by Crippen LogP contribution is 2.11. The Hall–Kier alpha value is -3.35. The highest BCUT2D eigenvalue weighted by molar-refractivity contribution is 5.92. The first-order valence-corrected chi connectivity index (χ1v) is 6.98. The van der Waals surface area contributed by atoms with Crippen LogP contribution in [0.15, 0.2) is 61.3 Å². The van der Waals surface area contributed by atoms with Crippen molar-refractivity contribution >= 4 is 17.5 Å². The van der Waals surface area contributed by atoms with Gasteiger partial charge in [0.1, 0.15) is 23.7 Å². The minimum atomic E-state index is -0.250. The lowest BCUT2D eigenvalue weighted by molar-refractivity contribution is 0.0946. The van der Waals surface area contributed by atoms with Crippen molar-refractivity contribution in [3.63, 3.8) is 0 Å². The number of hydrogen-bond donors (Lipinski definition) is 2. The zero-order valence-electron chi connectivity index (χ0n) is 12.2. The van der Waals surface area contributed by atoms with Gasteiger partial charge in [-0.05, 0) is 29.8 Å². The summed E-state index contributed by atoms with van der Waals surface area (Å²) in [7, 11) is 0. The molecule has 23 heavy (non-hydrogen) atoms. The van der Waals surface area contributed by atoms with Crippen LogP contribution in [-0.4, -0.2) is 25.8 Å². The predicted molar refractivity (Wildman–Crippen MR) is 85.0 cm³/mol. The van der Waals surface area contributed by atoms with Crippen molar-refractivity contribution in [2.24, 2.45) is 0 Å². The molecule has 0 saturated carbocycles. The van der Waals surface area contributed by atoms with E-state index in [1.165, 1.54) is 6.33 Å². The van der Waals surface area contributed by atoms with Crippen LogP contribution in [0.1, 0.15) is 16.1 Å². The molecule has 7 nitrogen and oxygen atoms in total. The van der Waals surface area contributed by atoms with Gasteiger partial charge in [0, 0.05) is 25.1 Å². The van der Waals surface area contributed by atoms with Crippen LogP contribution in [-0.2, 0) is 6.54 Å². The Bertz CT molecular complexity index is 779. The van der Waals surface area contributed by atoms with Crippen LogP contribution < -0.4 is 10.6 Å². The molecule has 7 heteroatoms. The van der Waals surface area contributed by atoms with Gasteiger partial charge in [0.05, 0.1) is 0 Å². The molecule has 0 radical (unpaired) electrons. The lowest BCUT2D eigenvalue weighted by Gasteiger charge is -2.07. The van der Waals surface area contributed by atoms with Crippen molar-refractivity contribution in [2.75, 3.05) is 5.32 Å². The molecule has 3 rings (SSSR count). The first-order chi connectivity index (χ1) is 11.3. The molecule has 3 aromatic rings. The molecular formula is C16H14N6O. The summed E-state index contributed by atoms with van der Waals surface area (Å²) in [6.07, 6.45) is 6.46. The zero-order chi connectivity index (χ0) is 15.9. The quantitative estimate of drug-likeness (QED) is 0.748. The maximum absolute atomic E-state index is 12.2. The van der Waals surface area contributed by atoms with Gasteiger partial charge in [-0.3, -0.25) is 9.78 Å². The van der Waals surface area contributed by atoms with Gasteiger partial charge in [-0.25, -0.2) is 15.0 Å². The molecule has 0 saturated heterocycles. The Kier molecular flexibility index (Phi) is 4.49. The van der Waals surface area contributed by atoms with Gasteiger partial charge >= 0.3 is 0 Å². The van der Waals surface area contributed by atoms with Gasteiger partial charge < -0.3 is 10.6 Å². The smallest absolute Gasteiger partial charge is 0.270 e. The predicted octanol–water partition coefficient (Wildman–Crippen LogP) is 1.94. The number of pyridine rings is 2. The Labute approximate surface area is 132 Å². The number of hydrogen-bond acceptors (Lipinski definition) is 6. The average Bonchev–Trinajstić information content (AvgIpc) is 2.62. The second-order valence-electron chi connectivity index (χ2n) is 4.67. The summed E-state index contributed by atoms with van der Waals surface area (Å²) in [5, 5.41) is 5.83. The summed E-state index contributed by atoms with van der Waals surface area (Å²) >= 11 is 0. The molecule has 1 amide bonds. The minimum absolute atomic E-state index is 0.250. The maximum Gasteiger partial charge on any atom is 0.270 e. The van der Waals surface area contributed by atoms with Crippen LogP contribution >= 0.6 is 0 Å². The summed E-state index contributed by atoms with van der Waals surface area (Å²) in [6, 6.07) is 10.6. The van der Waals surface area contributed by atoms with Gasteiger partial charge in [-0.2, -0.15) is 0 Å². The number of rotatable bonds is 5. The van der Waals surface area contributed by atoms with E-state index >= 15 is 0 Å². The van der Waals surface area contributed by atoms with Gasteiger partial charge in [-0.15, -0.1) is 0 Å². The van der Waals surface area contributed by atoms with Crippen molar-refractivity contribution in [1.82, 2.24) is 25.3 Å². The largest absolute Gasteiger partial charge is 0.347 e. The lowest BCUT2D eigenvalue weighted by atomic mass is 10.2. The fourth-order valence-corrected chi connectivity index (χ4v) is 1.90. The summed E-state index contributed by atoms with van der Waals surface area (Å²) in [5.74, 6) is 0.901. The third-order valence-corrected chi connectivity index (χ3v) is 3.00. The number of aromatic nitrogens is 4. The Balaban J connectivity index is 1.65. The van der Waals surface area contributed by atoms with Crippen LogP contribution in [0.4, 0.5) is 11.6 Å². The van der Waals surface area contributed by atoms with Crippen molar-refractivity contribution in [2.45, 2.75) is 6.54 Å². The molecule has 0 unspecified atom stereocenters. The molecule has 0 aliphatic rings. The lowest BCUT2D eigenvalue weighted by Crippen LogP contribution is -2.24. The monoisotopic (exact) mass is 306 g/mol. The third kappa shape index (κ3) is 4.07. The molecule has 0 aromatic carbocycles. The van der Waals surface area contributed by atoms with Crippen LogP contribution in [0.25, 0.3) is 0 Å². The molecule has 0 aliphatic carbocycles. The number of anilines is 2. The topological polar surface area (TPSA) is 92.7 Å². The first-order valence-electron chi connectivity index (χ1n) is 6.98. The summed E-state index contributed by atoms with van der Waals surface area (Å²) < 4.78 is 0. The van der Waals surface area contributed by atoms with Crippen molar-refractivity contribution in [3.05, 3.63) is 72.6 Å². The van der Waals surface area contributed by atoms with Crippen LogP contribution in [0.2, 0.25) is 0 Å². The summed E-state index contributed by atoms with van der Waals surface area (Å²) in [5.41, 5.74) is 1.25. The average molecular weight is 306 g/mol. The van der Waals surface area contributed by atoms with Gasteiger partial charge in [0.15, 0.2) is 0 Å². The van der Waals surface area contributed by atoms with E-state index in [1.807, 2.05) is 12.1 Å². The minimum Gasteiger partial charge on any atom is -0.347 e. The van der Waals surface area contributed by atoms with E-state index in [4.69, 9.17) is 0 Å². The molecule has 3 aromatic heterocycles. The Morgan fingerprint density at radius 3 is 2.74 bits per heavy atom. The highest BCUT2D eigenvalue weighted by Gasteiger charge is 2.08. The van der Waals surface area contributed by atoms with E-state index in [-0.39, 0.29) is 5.91 Å². The normalized spacial score (nSPS) is 10.1. The van der Waals surface area contributed by atoms with Crippen LogP contribution in [0, 0.1) is 0 Å². The molecule has 114 valence electrons. The van der Waals surface area contributed by atoms with E-state index in [1.54, 1.807) is 42.9 Å². The van der Waals surface area contributed by atoms with Gasteiger partial charge in [0.25, 0.3) is 5.91 Å². The van der Waals surface area contributed by atoms with E-state index in [0.717, 1.165) is 5.56 Å². The highest BCUT2D eigenvalue weighted by atomic mass is 16.1. The van der Waals surface area contributed by atoms with E-state index in [2.05, 4.69) is 30.6 Å². The molecular weight excluding hydrogens is 292 g/mol. The SMILES string of the molecule is O=C(NCc1cccnc1)c1cccc(Nc2ccncn2)n1.